The molecule has 0 unspecified atom stereocenters. The van der Waals surface area contributed by atoms with E-state index in [4.69, 9.17) is 16.2 Å². The second-order valence-corrected chi connectivity index (χ2v) is 4.37. The van der Waals surface area contributed by atoms with Crippen LogP contribution in [0.4, 0.5) is 11.4 Å². The average Bonchev–Trinajstić information content (AvgIpc) is 2.63. The van der Waals surface area contributed by atoms with Gasteiger partial charge in [-0.3, -0.25) is 4.68 Å². The van der Waals surface area contributed by atoms with Crippen LogP contribution in [0.2, 0.25) is 0 Å². The van der Waals surface area contributed by atoms with E-state index in [0.29, 0.717) is 16.9 Å². The lowest BCUT2D eigenvalue weighted by Crippen LogP contribution is -2.09. The molecule has 0 aliphatic heterocycles. The van der Waals surface area contributed by atoms with E-state index < -0.39 is 5.97 Å². The number of hydrogen-bond acceptors (Lipinski definition) is 5. The first-order chi connectivity index (χ1) is 8.95. The van der Waals surface area contributed by atoms with Gasteiger partial charge in [-0.2, -0.15) is 5.10 Å². The summed E-state index contributed by atoms with van der Waals surface area (Å²) in [7, 11) is 1.80. The molecule has 0 aliphatic rings. The van der Waals surface area contributed by atoms with Crippen molar-refractivity contribution in [3.8, 4) is 0 Å². The summed E-state index contributed by atoms with van der Waals surface area (Å²) in [6.07, 6.45) is 0. The lowest BCUT2D eigenvalue weighted by Gasteiger charge is -2.06. The van der Waals surface area contributed by atoms with Crippen molar-refractivity contribution < 1.29 is 9.53 Å². The number of benzene rings is 1. The number of aromatic nitrogens is 2. The lowest BCUT2D eigenvalue weighted by atomic mass is 10.2. The Morgan fingerprint density at radius 3 is 2.42 bits per heavy atom. The molecule has 6 nitrogen and oxygen atoms in total. The fourth-order valence-corrected chi connectivity index (χ4v) is 1.82. The Balaban J connectivity index is 2.07. The normalized spacial score (nSPS) is 10.4. The van der Waals surface area contributed by atoms with Crippen molar-refractivity contribution in [1.29, 1.82) is 0 Å². The van der Waals surface area contributed by atoms with E-state index >= 15 is 0 Å². The second kappa shape index (κ2) is 5.01. The van der Waals surface area contributed by atoms with Crippen molar-refractivity contribution in [2.24, 2.45) is 7.05 Å². The summed E-state index contributed by atoms with van der Waals surface area (Å²) in [4.78, 5) is 11.9. The highest BCUT2D eigenvalue weighted by molar-refractivity contribution is 5.91. The third-order valence-electron chi connectivity index (χ3n) is 2.66. The molecule has 0 saturated carbocycles. The van der Waals surface area contributed by atoms with Gasteiger partial charge in [0, 0.05) is 18.4 Å². The number of nitrogens with zero attached hydrogens (tertiary/aromatic N) is 2. The molecule has 100 valence electrons. The maximum Gasteiger partial charge on any atom is 0.338 e. The zero-order chi connectivity index (χ0) is 14.0. The standard InChI is InChI=1S/C13H16N4O2/c1-8-3-12(17(2)16-8)7-19-13(18)9-4-10(14)6-11(15)5-9/h3-6H,7,14-15H2,1-2H3. The highest BCUT2D eigenvalue weighted by atomic mass is 16.5. The Bertz CT molecular complexity index is 599. The summed E-state index contributed by atoms with van der Waals surface area (Å²) in [5, 5.41) is 4.18. The summed E-state index contributed by atoms with van der Waals surface area (Å²) in [6, 6.07) is 6.52. The molecule has 4 N–H and O–H groups in total. The minimum absolute atomic E-state index is 0.158. The second-order valence-electron chi connectivity index (χ2n) is 4.37. The van der Waals surface area contributed by atoms with Crippen LogP contribution in [0.25, 0.3) is 0 Å². The first-order valence-electron chi connectivity index (χ1n) is 5.78. The first-order valence-corrected chi connectivity index (χ1v) is 5.78. The van der Waals surface area contributed by atoms with Crippen LogP contribution in [0.15, 0.2) is 24.3 Å². The van der Waals surface area contributed by atoms with Crippen LogP contribution < -0.4 is 11.5 Å². The highest BCUT2D eigenvalue weighted by Gasteiger charge is 2.10. The minimum Gasteiger partial charge on any atom is -0.456 e. The molecule has 0 atom stereocenters. The first kappa shape index (κ1) is 12.9. The zero-order valence-electron chi connectivity index (χ0n) is 10.9. The van der Waals surface area contributed by atoms with Gasteiger partial charge in [-0.05, 0) is 31.2 Å². The molecular formula is C13H16N4O2. The number of hydrogen-bond donors (Lipinski definition) is 2. The fourth-order valence-electron chi connectivity index (χ4n) is 1.82. The summed E-state index contributed by atoms with van der Waals surface area (Å²) in [5.74, 6) is -0.460. The van der Waals surface area contributed by atoms with Gasteiger partial charge in [0.25, 0.3) is 0 Å². The van der Waals surface area contributed by atoms with Crippen LogP contribution in [-0.4, -0.2) is 15.7 Å². The zero-order valence-corrected chi connectivity index (χ0v) is 10.9. The molecule has 6 heteroatoms. The number of carbonyl (C=O) groups is 1. The molecule has 2 rings (SSSR count). The number of ether oxygens (including phenoxy) is 1. The Morgan fingerprint density at radius 2 is 1.89 bits per heavy atom. The molecule has 19 heavy (non-hydrogen) atoms. The van der Waals surface area contributed by atoms with Crippen LogP contribution in [0.5, 0.6) is 0 Å². The molecule has 2 aromatic rings. The average molecular weight is 260 g/mol. The van der Waals surface area contributed by atoms with Crippen LogP contribution in [0, 0.1) is 6.92 Å². The lowest BCUT2D eigenvalue weighted by molar-refractivity contribution is 0.0463. The van der Waals surface area contributed by atoms with Gasteiger partial charge in [0.2, 0.25) is 0 Å². The van der Waals surface area contributed by atoms with Crippen LogP contribution >= 0.6 is 0 Å². The van der Waals surface area contributed by atoms with Crippen molar-refractivity contribution in [1.82, 2.24) is 9.78 Å². The maximum atomic E-state index is 11.9. The highest BCUT2D eigenvalue weighted by Crippen LogP contribution is 2.15. The van der Waals surface area contributed by atoms with E-state index in [1.54, 1.807) is 17.8 Å². The Morgan fingerprint density at radius 1 is 1.26 bits per heavy atom. The Hall–Kier alpha value is -2.50. The van der Waals surface area contributed by atoms with Gasteiger partial charge in [-0.15, -0.1) is 0 Å². The monoisotopic (exact) mass is 260 g/mol. The Kier molecular flexibility index (Phi) is 3.41. The van der Waals surface area contributed by atoms with E-state index in [-0.39, 0.29) is 6.61 Å². The molecule has 0 saturated heterocycles. The number of carbonyl (C=O) groups excluding carboxylic acids is 1. The van der Waals surface area contributed by atoms with Gasteiger partial charge in [0.05, 0.1) is 17.0 Å². The van der Waals surface area contributed by atoms with E-state index in [1.807, 2.05) is 13.0 Å². The summed E-state index contributed by atoms with van der Waals surface area (Å²) < 4.78 is 6.88. The summed E-state index contributed by atoms with van der Waals surface area (Å²) >= 11 is 0. The molecule has 0 bridgehead atoms. The number of anilines is 2. The predicted octanol–water partition coefficient (Wildman–Crippen LogP) is 1.25. The van der Waals surface area contributed by atoms with Crippen molar-refractivity contribution in [2.45, 2.75) is 13.5 Å². The molecule has 0 fully saturated rings. The van der Waals surface area contributed by atoms with Gasteiger partial charge < -0.3 is 16.2 Å². The van der Waals surface area contributed by atoms with Gasteiger partial charge in [-0.25, -0.2) is 4.79 Å². The van der Waals surface area contributed by atoms with Crippen LogP contribution in [0.1, 0.15) is 21.7 Å². The summed E-state index contributed by atoms with van der Waals surface area (Å²) in [6.45, 7) is 2.04. The van der Waals surface area contributed by atoms with Crippen LogP contribution in [-0.2, 0) is 18.4 Å². The number of rotatable bonds is 3. The molecule has 0 spiro atoms. The largest absolute Gasteiger partial charge is 0.456 e. The maximum absolute atomic E-state index is 11.9. The topological polar surface area (TPSA) is 96.2 Å². The number of nitrogen functional groups attached to an aromatic ring is 2. The third kappa shape index (κ3) is 3.04. The molecule has 0 amide bonds. The number of nitrogens with two attached hydrogens (primary N) is 2. The van der Waals surface area contributed by atoms with Crippen molar-refractivity contribution in [3.63, 3.8) is 0 Å². The quantitative estimate of drug-likeness (QED) is 0.639. The summed E-state index contributed by atoms with van der Waals surface area (Å²) in [5.41, 5.74) is 14.2. The molecule has 0 radical (unpaired) electrons. The Labute approximate surface area is 111 Å². The van der Waals surface area contributed by atoms with Gasteiger partial charge in [0.15, 0.2) is 0 Å². The molecular weight excluding hydrogens is 244 g/mol. The van der Waals surface area contributed by atoms with Crippen molar-refractivity contribution >= 4 is 17.3 Å². The molecule has 0 aliphatic carbocycles. The number of esters is 1. The van der Waals surface area contributed by atoms with E-state index in [1.165, 1.54) is 12.1 Å². The van der Waals surface area contributed by atoms with Gasteiger partial charge >= 0.3 is 5.97 Å². The minimum atomic E-state index is -0.460. The smallest absolute Gasteiger partial charge is 0.338 e. The van der Waals surface area contributed by atoms with E-state index in [9.17, 15) is 4.79 Å². The molecule has 1 aromatic carbocycles. The predicted molar refractivity (Wildman–Crippen MR) is 72.3 cm³/mol. The fraction of sp³-hybridized carbons (Fsp3) is 0.231. The van der Waals surface area contributed by atoms with Gasteiger partial charge in [0.1, 0.15) is 6.61 Å². The molecule has 1 aromatic heterocycles. The third-order valence-corrected chi connectivity index (χ3v) is 2.66. The van der Waals surface area contributed by atoms with E-state index in [0.717, 1.165) is 11.4 Å². The van der Waals surface area contributed by atoms with Crippen LogP contribution in [0.3, 0.4) is 0 Å². The molecule has 1 heterocycles. The van der Waals surface area contributed by atoms with Gasteiger partial charge in [-0.1, -0.05) is 0 Å². The van der Waals surface area contributed by atoms with Crippen molar-refractivity contribution in [3.05, 3.63) is 41.2 Å². The number of aryl methyl sites for hydroxylation is 2. The van der Waals surface area contributed by atoms with Crippen molar-refractivity contribution in [2.75, 3.05) is 11.5 Å². The SMILES string of the molecule is Cc1cc(COC(=O)c2cc(N)cc(N)c2)n(C)n1. The van der Waals surface area contributed by atoms with E-state index in [2.05, 4.69) is 5.10 Å².